The van der Waals surface area contributed by atoms with E-state index in [-0.39, 0.29) is 17.7 Å². The normalized spacial score (nSPS) is 24.6. The molecule has 0 radical (unpaired) electrons. The smallest absolute Gasteiger partial charge is 0.220 e. The predicted molar refractivity (Wildman–Crippen MR) is 122 cm³/mol. The van der Waals surface area contributed by atoms with E-state index in [9.17, 15) is 5.11 Å². The number of benzene rings is 1. The summed E-state index contributed by atoms with van der Waals surface area (Å²) in [5.41, 5.74) is 1.91. The molecule has 0 unspecified atom stereocenters. The minimum absolute atomic E-state index is 0.0517. The van der Waals surface area contributed by atoms with Crippen molar-refractivity contribution in [1.29, 1.82) is 0 Å². The minimum Gasteiger partial charge on any atom is -0.496 e. The zero-order valence-electron chi connectivity index (χ0n) is 19.7. The van der Waals surface area contributed by atoms with Gasteiger partial charge in [-0.25, -0.2) is 0 Å². The Bertz CT molecular complexity index is 754. The number of hydroxylamine groups is 2. The highest BCUT2D eigenvalue weighted by molar-refractivity contribution is 6.74. The van der Waals surface area contributed by atoms with Crippen LogP contribution in [0.15, 0.2) is 41.7 Å². The quantitative estimate of drug-likeness (QED) is 0.504. The molecule has 0 aliphatic carbocycles. The van der Waals surface area contributed by atoms with Gasteiger partial charge < -0.3 is 19.1 Å². The maximum atomic E-state index is 10.3. The van der Waals surface area contributed by atoms with Gasteiger partial charge in [-0.1, -0.05) is 51.1 Å². The van der Waals surface area contributed by atoms with Crippen LogP contribution in [0, 0.1) is 0 Å². The molecule has 3 rings (SSSR count). The molecule has 1 aromatic carbocycles. The summed E-state index contributed by atoms with van der Waals surface area (Å²) in [6.07, 6.45) is 1.53. The molecule has 6 heteroatoms. The molecule has 168 valence electrons. The zero-order chi connectivity index (χ0) is 22.2. The fraction of sp³-hybridized carbons (Fsp3) is 0.667. The Kier molecular flexibility index (Phi) is 6.85. The first kappa shape index (κ1) is 23.5. The van der Waals surface area contributed by atoms with Crippen molar-refractivity contribution in [2.45, 2.75) is 89.9 Å². The van der Waals surface area contributed by atoms with Gasteiger partial charge in [-0.05, 0) is 50.4 Å². The van der Waals surface area contributed by atoms with Crippen LogP contribution in [0.4, 0.5) is 0 Å². The van der Waals surface area contributed by atoms with E-state index in [1.165, 1.54) is 5.57 Å². The van der Waals surface area contributed by atoms with Gasteiger partial charge in [-0.2, -0.15) is 5.06 Å². The van der Waals surface area contributed by atoms with Gasteiger partial charge in [0.15, 0.2) is 0 Å². The number of aliphatic hydroxyl groups is 1. The highest BCUT2D eigenvalue weighted by Crippen LogP contribution is 2.43. The van der Waals surface area contributed by atoms with E-state index in [4.69, 9.17) is 14.0 Å². The van der Waals surface area contributed by atoms with Gasteiger partial charge in [0, 0.05) is 12.1 Å². The lowest BCUT2D eigenvalue weighted by atomic mass is 9.84. The Hall–Kier alpha value is -1.18. The Morgan fingerprint density at radius 1 is 1.20 bits per heavy atom. The monoisotopic (exact) mass is 433 g/mol. The summed E-state index contributed by atoms with van der Waals surface area (Å²) in [7, 11) is -2.13. The number of nitrogens with zero attached hydrogens (tertiary/aromatic N) is 1. The molecule has 0 aromatic heterocycles. The molecule has 30 heavy (non-hydrogen) atoms. The van der Waals surface area contributed by atoms with Crippen LogP contribution in [0.1, 0.15) is 53.0 Å². The molecule has 0 saturated carbocycles. The molecule has 2 aliphatic rings. The van der Waals surface area contributed by atoms with Crippen LogP contribution < -0.4 is 0 Å². The van der Waals surface area contributed by atoms with Crippen LogP contribution in [0.25, 0.3) is 0 Å². The molecular formula is C24H39NO4Si. The van der Waals surface area contributed by atoms with Crippen LogP contribution in [0.3, 0.4) is 0 Å². The molecule has 0 saturated heterocycles. The SMILES string of the molecule is CC1(C)O[C@H](CO)[C@H](N(Cc2ccccc2)O[Si](C)(C)C(C)(C)C)C2=C1CCCO2. The Morgan fingerprint density at radius 3 is 2.47 bits per heavy atom. The fourth-order valence-corrected chi connectivity index (χ4v) is 5.06. The average Bonchev–Trinajstić information content (AvgIpc) is 2.67. The number of hydrogen-bond acceptors (Lipinski definition) is 5. The van der Waals surface area contributed by atoms with Crippen molar-refractivity contribution in [3.05, 3.63) is 47.2 Å². The third kappa shape index (κ3) is 4.83. The molecule has 1 aromatic rings. The van der Waals surface area contributed by atoms with E-state index >= 15 is 0 Å². The van der Waals surface area contributed by atoms with E-state index < -0.39 is 20.0 Å². The van der Waals surface area contributed by atoms with Crippen molar-refractivity contribution in [3.63, 3.8) is 0 Å². The van der Waals surface area contributed by atoms with Gasteiger partial charge in [0.2, 0.25) is 8.32 Å². The van der Waals surface area contributed by atoms with E-state index in [1.807, 2.05) is 23.3 Å². The number of aliphatic hydroxyl groups excluding tert-OH is 1. The second-order valence-corrected chi connectivity index (χ2v) is 15.2. The summed E-state index contributed by atoms with van der Waals surface area (Å²) in [6, 6.07) is 10.1. The standard InChI is InChI=1S/C24H39NO4Si/c1-23(2,3)30(6,7)29-25(16-18-12-9-8-10-13-18)21-20(17-26)28-24(4,5)19-14-11-15-27-22(19)21/h8-10,12-13,20-21,26H,11,14-17H2,1-7H3/t20-,21+/m1/s1. The lowest BCUT2D eigenvalue weighted by molar-refractivity contribution is -0.199. The summed E-state index contributed by atoms with van der Waals surface area (Å²) in [5.74, 6) is 0.936. The third-order valence-corrected chi connectivity index (χ3v) is 11.0. The average molecular weight is 434 g/mol. The van der Waals surface area contributed by atoms with Gasteiger partial charge in [0.05, 0.1) is 18.8 Å². The molecule has 0 spiro atoms. The van der Waals surface area contributed by atoms with Crippen LogP contribution in [0.5, 0.6) is 0 Å². The molecule has 2 aliphatic heterocycles. The Morgan fingerprint density at radius 2 is 1.87 bits per heavy atom. The summed E-state index contributed by atoms with van der Waals surface area (Å²) in [5, 5.41) is 12.4. The molecule has 0 bridgehead atoms. The van der Waals surface area contributed by atoms with Gasteiger partial charge in [0.1, 0.15) is 17.9 Å². The molecule has 1 N–H and O–H groups in total. The fourth-order valence-electron chi connectivity index (χ4n) is 4.02. The molecule has 0 fully saturated rings. The number of ether oxygens (including phenoxy) is 2. The zero-order valence-corrected chi connectivity index (χ0v) is 20.7. The first-order valence-corrected chi connectivity index (χ1v) is 14.0. The van der Waals surface area contributed by atoms with Crippen molar-refractivity contribution >= 4 is 8.32 Å². The summed E-state index contributed by atoms with van der Waals surface area (Å²) in [6.45, 7) is 16.6. The molecule has 0 amide bonds. The van der Waals surface area contributed by atoms with Crippen LogP contribution in [-0.4, -0.2) is 49.4 Å². The second kappa shape index (κ2) is 8.75. The van der Waals surface area contributed by atoms with E-state index in [0.29, 0.717) is 13.2 Å². The molecule has 2 heterocycles. The maximum Gasteiger partial charge on any atom is 0.220 e. The highest BCUT2D eigenvalue weighted by atomic mass is 28.4. The van der Waals surface area contributed by atoms with Crippen LogP contribution in [-0.2, 0) is 20.5 Å². The van der Waals surface area contributed by atoms with Gasteiger partial charge in [0.25, 0.3) is 0 Å². The highest BCUT2D eigenvalue weighted by Gasteiger charge is 2.49. The largest absolute Gasteiger partial charge is 0.496 e. The second-order valence-electron chi connectivity index (χ2n) is 10.5. The Labute approximate surface area is 183 Å². The van der Waals surface area contributed by atoms with Crippen LogP contribution in [0.2, 0.25) is 18.1 Å². The summed E-state index contributed by atoms with van der Waals surface area (Å²) in [4.78, 5) is 0. The lowest BCUT2D eigenvalue weighted by Gasteiger charge is -2.50. The van der Waals surface area contributed by atoms with Gasteiger partial charge >= 0.3 is 0 Å². The Balaban J connectivity index is 2.05. The molecular weight excluding hydrogens is 394 g/mol. The van der Waals surface area contributed by atoms with E-state index in [1.54, 1.807) is 0 Å². The molecule has 2 atom stereocenters. The van der Waals surface area contributed by atoms with Crippen molar-refractivity contribution in [1.82, 2.24) is 5.06 Å². The topological polar surface area (TPSA) is 51.2 Å². The van der Waals surface area contributed by atoms with Crippen molar-refractivity contribution in [2.24, 2.45) is 0 Å². The summed E-state index contributed by atoms with van der Waals surface area (Å²) >= 11 is 0. The van der Waals surface area contributed by atoms with Crippen molar-refractivity contribution in [2.75, 3.05) is 13.2 Å². The lowest BCUT2D eigenvalue weighted by Crippen LogP contribution is -2.59. The minimum atomic E-state index is -2.13. The first-order valence-electron chi connectivity index (χ1n) is 11.1. The third-order valence-electron chi connectivity index (χ3n) is 6.74. The van der Waals surface area contributed by atoms with Crippen molar-refractivity contribution < 1.29 is 19.1 Å². The molecule has 5 nitrogen and oxygen atoms in total. The maximum absolute atomic E-state index is 10.3. The summed E-state index contributed by atoms with van der Waals surface area (Å²) < 4.78 is 19.6. The first-order chi connectivity index (χ1) is 14.0. The van der Waals surface area contributed by atoms with Crippen molar-refractivity contribution in [3.8, 4) is 0 Å². The van der Waals surface area contributed by atoms with Gasteiger partial charge in [-0.3, -0.25) is 0 Å². The van der Waals surface area contributed by atoms with Crippen LogP contribution >= 0.6 is 0 Å². The van der Waals surface area contributed by atoms with E-state index in [2.05, 4.69) is 59.8 Å². The van der Waals surface area contributed by atoms with Gasteiger partial charge in [-0.15, -0.1) is 0 Å². The predicted octanol–water partition coefficient (Wildman–Crippen LogP) is 5.03. The number of rotatable bonds is 6. The van der Waals surface area contributed by atoms with E-state index in [0.717, 1.165) is 24.2 Å². The number of hydrogen-bond donors (Lipinski definition) is 1.